The molecule has 6 aliphatic rings. The Kier molecular flexibility index (Phi) is 27.9. The van der Waals surface area contributed by atoms with Crippen LogP contribution in [0.4, 0.5) is 0 Å². The third kappa shape index (κ3) is 19.9. The lowest BCUT2D eigenvalue weighted by Crippen LogP contribution is -2.63. The molecule has 6 saturated heterocycles. The molecule has 18 N–H and O–H groups in total. The molecule has 6 fully saturated rings. The molecule has 14 unspecified atom stereocenters. The van der Waals surface area contributed by atoms with Crippen molar-refractivity contribution in [2.24, 2.45) is 17.8 Å². The molecule has 0 amide bonds. The van der Waals surface area contributed by atoms with Gasteiger partial charge in [0.25, 0.3) is 0 Å². The Morgan fingerprint density at radius 2 is 0.727 bits per heavy atom. The molecule has 0 aromatic heterocycles. The summed E-state index contributed by atoms with van der Waals surface area (Å²) in [4.78, 5) is 9.72. The normalized spacial score (nSPS) is 44.8. The zero-order chi connectivity index (χ0) is 65.7. The van der Waals surface area contributed by atoms with Gasteiger partial charge in [-0.1, -0.05) is 0 Å². The molecular formula is C39H68O44S5. The van der Waals surface area contributed by atoms with Crippen molar-refractivity contribution in [3.05, 3.63) is 0 Å². The largest absolute Gasteiger partial charge is 0.397 e. The van der Waals surface area contributed by atoms with E-state index in [1.807, 2.05) is 0 Å². The highest BCUT2D eigenvalue weighted by molar-refractivity contribution is 7.81. The first-order chi connectivity index (χ1) is 40.9. The molecule has 88 heavy (non-hydrogen) atoms. The number of rotatable bonds is 29. The van der Waals surface area contributed by atoms with E-state index >= 15 is 0 Å². The summed E-state index contributed by atoms with van der Waals surface area (Å²) < 4.78 is 223. The molecule has 44 nitrogen and oxygen atoms in total. The number of hydrogen-bond acceptors (Lipinski definition) is 39. The first kappa shape index (κ1) is 75.7. The predicted octanol–water partition coefficient (Wildman–Crippen LogP) is -11.6. The van der Waals surface area contributed by atoms with Gasteiger partial charge in [-0.05, 0) is 13.8 Å². The highest BCUT2D eigenvalue weighted by Gasteiger charge is 2.56. The minimum Gasteiger partial charge on any atom is -0.394 e. The van der Waals surface area contributed by atoms with Crippen LogP contribution in [0.1, 0.15) is 13.8 Å². The van der Waals surface area contributed by atoms with E-state index < -0.39 is 284 Å². The van der Waals surface area contributed by atoms with Gasteiger partial charge in [-0.15, -0.1) is 8.67 Å². The molecule has 6 rings (SSSR count). The Morgan fingerprint density at radius 3 is 1.22 bits per heavy atom. The molecule has 0 aromatic rings. The monoisotopic (exact) mass is 1400 g/mol. The molecule has 32 atom stereocenters. The molecule has 518 valence electrons. The first-order valence-corrected chi connectivity index (χ1v) is 31.7. The van der Waals surface area contributed by atoms with Crippen LogP contribution < -0.4 is 0 Å². The van der Waals surface area contributed by atoms with Gasteiger partial charge in [0.05, 0.1) is 70.7 Å². The van der Waals surface area contributed by atoms with Gasteiger partial charge in [-0.3, -0.25) is 22.8 Å². The quantitative estimate of drug-likeness (QED) is 0.0143. The SMILES string of the molecule is CC1O[C@@H](OC[C@@H]2C(C)O[C@@H](OC[C@H]3C(O)[C@H](OC[C@H]4C(CO[C@@H]5OC(CO[C@@H]6OC(CO)[C@H](O)[C@@H](OS(=O)(=O)O)C6O)[C@H](O)[C@@H](OS(=O)(=O)O)C5O)O[C@@H](O)C(O)[C@@H]4OS(=O)(=O)O)OC(CO)[C@@H]3O)C(O)[C@H]2OOS(=O)O)C(O)[C@@H](OOS(=O)O)[C@@H]1O. The van der Waals surface area contributed by atoms with E-state index in [2.05, 4.69) is 26.1 Å². The van der Waals surface area contributed by atoms with E-state index in [0.717, 1.165) is 0 Å². The lowest BCUT2D eigenvalue weighted by molar-refractivity contribution is -0.374. The molecule has 0 aromatic carbocycles. The van der Waals surface area contributed by atoms with Gasteiger partial charge >= 0.3 is 53.9 Å². The van der Waals surface area contributed by atoms with Crippen LogP contribution >= 0.6 is 0 Å². The van der Waals surface area contributed by atoms with Crippen LogP contribution in [0, 0.1) is 17.8 Å². The number of hydrogen-bond donors (Lipinski definition) is 18. The third-order valence-corrected chi connectivity index (χ3v) is 16.2. The van der Waals surface area contributed by atoms with Gasteiger partial charge in [0, 0.05) is 17.8 Å². The van der Waals surface area contributed by atoms with E-state index in [9.17, 15) is 118 Å². The fourth-order valence-electron chi connectivity index (χ4n) is 9.96. The van der Waals surface area contributed by atoms with Crippen LogP contribution in [0.5, 0.6) is 0 Å². The van der Waals surface area contributed by atoms with Crippen molar-refractivity contribution in [1.29, 1.82) is 0 Å². The van der Waals surface area contributed by atoms with E-state index in [0.29, 0.717) is 0 Å². The molecule has 0 saturated carbocycles. The average molecular weight is 1400 g/mol. The summed E-state index contributed by atoms with van der Waals surface area (Å²) in [7, 11) is -16.7. The van der Waals surface area contributed by atoms with Crippen molar-refractivity contribution < 1.29 is 206 Å². The molecule has 6 heterocycles. The Hall–Kier alpha value is -1.29. The minimum atomic E-state index is -5.63. The van der Waals surface area contributed by atoms with Crippen molar-refractivity contribution in [1.82, 2.24) is 0 Å². The summed E-state index contributed by atoms with van der Waals surface area (Å²) >= 11 is -6.16. The molecule has 6 aliphatic heterocycles. The number of aliphatic hydroxyl groups excluding tert-OH is 13. The summed E-state index contributed by atoms with van der Waals surface area (Å²) in [5.41, 5.74) is 0. The zero-order valence-electron chi connectivity index (χ0n) is 45.0. The highest BCUT2D eigenvalue weighted by Crippen LogP contribution is 2.37. The third-order valence-electron chi connectivity index (χ3n) is 14.4. The predicted molar refractivity (Wildman–Crippen MR) is 263 cm³/mol. The van der Waals surface area contributed by atoms with Gasteiger partial charge in [-0.2, -0.15) is 33.7 Å². The second-order valence-electron chi connectivity index (χ2n) is 20.2. The molecule has 0 radical (unpaired) electrons. The number of ether oxygens (including phenoxy) is 11. The maximum absolute atomic E-state index is 12.2. The van der Waals surface area contributed by atoms with Crippen molar-refractivity contribution in [2.45, 2.75) is 180 Å². The summed E-state index contributed by atoms with van der Waals surface area (Å²) in [6.45, 7) is -4.46. The molecule has 0 bridgehead atoms. The summed E-state index contributed by atoms with van der Waals surface area (Å²) in [6, 6.07) is 0. The fraction of sp³-hybridized carbons (Fsp3) is 1.00. The van der Waals surface area contributed by atoms with Crippen LogP contribution in [0.15, 0.2) is 0 Å². The van der Waals surface area contributed by atoms with Crippen molar-refractivity contribution in [3.63, 3.8) is 0 Å². The topological polar surface area (TPSA) is 667 Å². The van der Waals surface area contributed by atoms with Crippen LogP contribution in [0.2, 0.25) is 0 Å². The van der Waals surface area contributed by atoms with Crippen molar-refractivity contribution in [2.75, 3.05) is 46.2 Å². The van der Waals surface area contributed by atoms with Gasteiger partial charge in [0.1, 0.15) is 97.7 Å². The Labute approximate surface area is 501 Å². The lowest BCUT2D eigenvalue weighted by Gasteiger charge is -2.46. The van der Waals surface area contributed by atoms with Gasteiger partial charge in [0.15, 0.2) is 43.8 Å². The van der Waals surface area contributed by atoms with Crippen molar-refractivity contribution in [3.8, 4) is 0 Å². The molecular weight excluding hydrogens is 1330 g/mol. The zero-order valence-corrected chi connectivity index (χ0v) is 49.1. The Balaban J connectivity index is 1.17. The highest BCUT2D eigenvalue weighted by atomic mass is 32.3. The second-order valence-corrected chi connectivity index (χ2v) is 24.5. The van der Waals surface area contributed by atoms with E-state index in [1.165, 1.54) is 13.8 Å². The van der Waals surface area contributed by atoms with Crippen LogP contribution in [0.3, 0.4) is 0 Å². The first-order valence-electron chi connectivity index (χ1n) is 25.5. The summed E-state index contributed by atoms with van der Waals surface area (Å²) in [6.07, 6.45) is -54.6. The van der Waals surface area contributed by atoms with E-state index in [1.54, 1.807) is 0 Å². The average Bonchev–Trinajstić information content (AvgIpc) is 3.28. The van der Waals surface area contributed by atoms with Gasteiger partial charge < -0.3 is 118 Å². The summed E-state index contributed by atoms with van der Waals surface area (Å²) in [5.74, 6) is -4.84. The van der Waals surface area contributed by atoms with E-state index in [-0.39, 0.29) is 0 Å². The summed E-state index contributed by atoms with van der Waals surface area (Å²) in [5, 5.41) is 140. The lowest BCUT2D eigenvalue weighted by atomic mass is 9.88. The molecule has 0 spiro atoms. The minimum absolute atomic E-state index is 0.641. The maximum Gasteiger partial charge on any atom is 0.397 e. The van der Waals surface area contributed by atoms with Gasteiger partial charge in [0.2, 0.25) is 0 Å². The smallest absolute Gasteiger partial charge is 0.394 e. The number of aliphatic hydroxyl groups is 13. The van der Waals surface area contributed by atoms with Crippen molar-refractivity contribution >= 4 is 53.9 Å². The standard InChI is InChI=1S/C39H68O44S5/c1-10-12(5-66-37-26(49)31(78-83-85(55)56)19(42)11(2)72-37)29(77-82-84(53)54)25(48)36(71-10)68-7-14-20(43)15(3-40)74-35(21(14)44)67-6-13-17(73-34(52)24(47)30(13)79-86(57,58)59)8-69-39-28(51)33(81-88(63,64)65)23(46)18(76-39)9-70-38-27(50)32(80-87(60,61)62)22(45)16(4-41)75-38/h10-52H,3-9H2,1-2H3,(H,53,54)(H,55,56)(H,57,58,59)(H,60,61,62)(H,63,64,65)/t10?,11?,12-,13+,14-,15?,16?,17?,18?,19-,20-,21?,22+,23+,24?,25?,26?,27?,28?,29+,30-,31+,32-,33-,34-,35-,36-,37-,38-,39-/m1/s1. The van der Waals surface area contributed by atoms with Crippen LogP contribution in [-0.2, 0) is 137 Å². The van der Waals surface area contributed by atoms with Crippen LogP contribution in [0.25, 0.3) is 0 Å². The Morgan fingerprint density at radius 1 is 0.364 bits per heavy atom. The van der Waals surface area contributed by atoms with Crippen LogP contribution in [-0.4, -0.2) is 335 Å². The van der Waals surface area contributed by atoms with E-state index in [4.69, 9.17) is 61.5 Å². The second kappa shape index (κ2) is 32.4. The molecule has 0 aliphatic carbocycles. The Bertz CT molecular complexity index is 2580. The fourth-order valence-corrected chi connectivity index (χ4v) is 11.8. The maximum atomic E-state index is 12.2. The molecule has 49 heteroatoms. The van der Waals surface area contributed by atoms with Gasteiger partial charge in [-0.25, -0.2) is 22.3 Å².